The molecule has 0 fully saturated rings. The van der Waals surface area contributed by atoms with Crippen LogP contribution >= 0.6 is 23.5 Å². The van der Waals surface area contributed by atoms with Gasteiger partial charge in [0.15, 0.2) is 0 Å². The van der Waals surface area contributed by atoms with Gasteiger partial charge in [0.1, 0.15) is 5.82 Å². The number of benzene rings is 2. The van der Waals surface area contributed by atoms with Gasteiger partial charge >= 0.3 is 0 Å². The molecule has 1 heterocycles. The molecule has 0 atom stereocenters. The van der Waals surface area contributed by atoms with Gasteiger partial charge in [0, 0.05) is 10.6 Å². The zero-order valence-corrected chi connectivity index (χ0v) is 13.2. The molecule has 0 aliphatic rings. The number of nitrogens with zero attached hydrogens (tertiary/aromatic N) is 2. The van der Waals surface area contributed by atoms with Gasteiger partial charge in [-0.1, -0.05) is 42.1 Å². The molecule has 0 saturated heterocycles. The van der Waals surface area contributed by atoms with Crippen LogP contribution in [-0.2, 0) is 11.5 Å². The predicted molar refractivity (Wildman–Crippen MR) is 86.3 cm³/mol. The fourth-order valence-corrected chi connectivity index (χ4v) is 3.22. The number of hydrogen-bond acceptors (Lipinski definition) is 5. The van der Waals surface area contributed by atoms with Crippen molar-refractivity contribution in [2.75, 3.05) is 0 Å². The third-order valence-corrected chi connectivity index (χ3v) is 4.72. The lowest BCUT2D eigenvalue weighted by Gasteiger charge is -1.98. The Balaban J connectivity index is 1.51. The maximum atomic E-state index is 12.8. The first kappa shape index (κ1) is 15.1. The molecule has 2 aromatic carbocycles. The van der Waals surface area contributed by atoms with Gasteiger partial charge < -0.3 is 4.42 Å². The minimum atomic E-state index is -0.235. The minimum Gasteiger partial charge on any atom is -0.415 e. The minimum absolute atomic E-state index is 0.235. The first-order chi connectivity index (χ1) is 10.8. The van der Waals surface area contributed by atoms with E-state index in [1.807, 2.05) is 18.2 Å². The summed E-state index contributed by atoms with van der Waals surface area (Å²) in [6, 6.07) is 16.5. The number of thioether (sulfide) groups is 2. The quantitative estimate of drug-likeness (QED) is 0.607. The molecular formula is C16H13FN2OS2. The standard InChI is InChI=1S/C16H13FN2OS2/c17-13-6-8-14(9-7-13)21-11-15-18-19-16(20-15)22-10-12-4-2-1-3-5-12/h1-9H,10-11H2. The van der Waals surface area contributed by atoms with Gasteiger partial charge in [0.25, 0.3) is 5.22 Å². The molecule has 0 aliphatic heterocycles. The van der Waals surface area contributed by atoms with Gasteiger partial charge in [-0.15, -0.1) is 22.0 Å². The normalized spacial score (nSPS) is 10.8. The van der Waals surface area contributed by atoms with Crippen molar-refractivity contribution in [2.24, 2.45) is 0 Å². The Hall–Kier alpha value is -1.79. The van der Waals surface area contributed by atoms with E-state index in [4.69, 9.17) is 4.42 Å². The Bertz CT molecular complexity index is 717. The van der Waals surface area contributed by atoms with Crippen LogP contribution in [0.25, 0.3) is 0 Å². The highest BCUT2D eigenvalue weighted by Gasteiger charge is 2.07. The van der Waals surface area contributed by atoms with Gasteiger partial charge in [0.05, 0.1) is 5.75 Å². The van der Waals surface area contributed by atoms with E-state index in [-0.39, 0.29) is 5.82 Å². The van der Waals surface area contributed by atoms with Crippen LogP contribution < -0.4 is 0 Å². The average Bonchev–Trinajstić information content (AvgIpc) is 3.01. The molecule has 22 heavy (non-hydrogen) atoms. The SMILES string of the molecule is Fc1ccc(SCc2nnc(SCc3ccccc3)o2)cc1. The van der Waals surface area contributed by atoms with Crippen LogP contribution in [0, 0.1) is 5.82 Å². The van der Waals surface area contributed by atoms with Crippen LogP contribution in [0.4, 0.5) is 4.39 Å². The fraction of sp³-hybridized carbons (Fsp3) is 0.125. The summed E-state index contributed by atoms with van der Waals surface area (Å²) in [4.78, 5) is 0.970. The Morgan fingerprint density at radius 3 is 2.41 bits per heavy atom. The molecule has 0 bridgehead atoms. The summed E-state index contributed by atoms with van der Waals surface area (Å²) >= 11 is 3.06. The highest BCUT2D eigenvalue weighted by molar-refractivity contribution is 7.98. The zero-order chi connectivity index (χ0) is 15.2. The van der Waals surface area contributed by atoms with Crippen molar-refractivity contribution in [3.05, 3.63) is 71.9 Å². The molecule has 0 spiro atoms. The molecule has 0 saturated carbocycles. The van der Waals surface area contributed by atoms with Crippen molar-refractivity contribution >= 4 is 23.5 Å². The molecule has 112 valence electrons. The Labute approximate surface area is 136 Å². The van der Waals surface area contributed by atoms with Crippen molar-refractivity contribution in [3.63, 3.8) is 0 Å². The maximum absolute atomic E-state index is 12.8. The summed E-state index contributed by atoms with van der Waals surface area (Å²) in [7, 11) is 0. The van der Waals surface area contributed by atoms with Crippen molar-refractivity contribution in [1.29, 1.82) is 0 Å². The summed E-state index contributed by atoms with van der Waals surface area (Å²) in [6.45, 7) is 0. The fourth-order valence-electron chi connectivity index (χ4n) is 1.75. The van der Waals surface area contributed by atoms with E-state index in [0.29, 0.717) is 16.9 Å². The highest BCUT2D eigenvalue weighted by Crippen LogP contribution is 2.25. The molecule has 0 unspecified atom stereocenters. The van der Waals surface area contributed by atoms with Gasteiger partial charge in [-0.2, -0.15) is 0 Å². The third-order valence-electron chi connectivity index (χ3n) is 2.83. The van der Waals surface area contributed by atoms with E-state index in [2.05, 4.69) is 22.3 Å². The van der Waals surface area contributed by atoms with E-state index in [1.54, 1.807) is 12.1 Å². The van der Waals surface area contributed by atoms with E-state index in [0.717, 1.165) is 10.6 Å². The number of aromatic nitrogens is 2. The molecule has 0 radical (unpaired) electrons. The number of rotatable bonds is 6. The topological polar surface area (TPSA) is 38.9 Å². The largest absolute Gasteiger partial charge is 0.415 e. The molecule has 0 amide bonds. The smallest absolute Gasteiger partial charge is 0.276 e. The molecule has 1 aromatic heterocycles. The molecule has 0 N–H and O–H groups in total. The Kier molecular flexibility index (Phi) is 5.13. The molecule has 0 aliphatic carbocycles. The van der Waals surface area contributed by atoms with E-state index in [1.165, 1.54) is 41.2 Å². The summed E-state index contributed by atoms with van der Waals surface area (Å²) < 4.78 is 18.4. The van der Waals surface area contributed by atoms with Gasteiger partial charge in [-0.25, -0.2) is 4.39 Å². The average molecular weight is 332 g/mol. The van der Waals surface area contributed by atoms with Crippen molar-refractivity contribution < 1.29 is 8.81 Å². The predicted octanol–water partition coefficient (Wildman–Crippen LogP) is 4.79. The van der Waals surface area contributed by atoms with Crippen LogP contribution in [0.5, 0.6) is 0 Å². The van der Waals surface area contributed by atoms with Crippen LogP contribution in [-0.4, -0.2) is 10.2 Å². The first-order valence-electron chi connectivity index (χ1n) is 6.67. The van der Waals surface area contributed by atoms with Gasteiger partial charge in [0.2, 0.25) is 5.89 Å². The second kappa shape index (κ2) is 7.47. The van der Waals surface area contributed by atoms with Crippen LogP contribution in [0.3, 0.4) is 0 Å². The van der Waals surface area contributed by atoms with Gasteiger partial charge in [-0.05, 0) is 29.8 Å². The monoisotopic (exact) mass is 332 g/mol. The van der Waals surface area contributed by atoms with E-state index < -0.39 is 0 Å². The lowest BCUT2D eigenvalue weighted by atomic mass is 10.2. The summed E-state index contributed by atoms with van der Waals surface area (Å²) in [5.41, 5.74) is 1.22. The lowest BCUT2D eigenvalue weighted by molar-refractivity contribution is 0.426. The van der Waals surface area contributed by atoms with Crippen molar-refractivity contribution in [2.45, 2.75) is 21.6 Å². The Morgan fingerprint density at radius 1 is 0.864 bits per heavy atom. The van der Waals surface area contributed by atoms with E-state index >= 15 is 0 Å². The van der Waals surface area contributed by atoms with Crippen molar-refractivity contribution in [1.82, 2.24) is 10.2 Å². The number of halogens is 1. The highest BCUT2D eigenvalue weighted by atomic mass is 32.2. The third kappa shape index (κ3) is 4.35. The lowest BCUT2D eigenvalue weighted by Crippen LogP contribution is -1.81. The summed E-state index contributed by atoms with van der Waals surface area (Å²) in [5.74, 6) is 1.71. The van der Waals surface area contributed by atoms with Crippen LogP contribution in [0.1, 0.15) is 11.5 Å². The van der Waals surface area contributed by atoms with Crippen LogP contribution in [0.15, 0.2) is 69.1 Å². The Morgan fingerprint density at radius 2 is 1.64 bits per heavy atom. The zero-order valence-electron chi connectivity index (χ0n) is 11.6. The molecule has 3 nitrogen and oxygen atoms in total. The molecule has 3 rings (SSSR count). The second-order valence-corrected chi connectivity index (χ2v) is 6.45. The van der Waals surface area contributed by atoms with Crippen molar-refractivity contribution in [3.8, 4) is 0 Å². The second-order valence-electron chi connectivity index (χ2n) is 4.48. The van der Waals surface area contributed by atoms with Crippen LogP contribution in [0.2, 0.25) is 0 Å². The summed E-state index contributed by atoms with van der Waals surface area (Å²) in [5, 5.41) is 8.63. The molecule has 6 heteroatoms. The molecular weight excluding hydrogens is 319 g/mol. The number of hydrogen-bond donors (Lipinski definition) is 0. The summed E-state index contributed by atoms with van der Waals surface area (Å²) in [6.07, 6.45) is 0. The van der Waals surface area contributed by atoms with E-state index in [9.17, 15) is 4.39 Å². The maximum Gasteiger partial charge on any atom is 0.276 e. The molecule has 3 aromatic rings. The first-order valence-corrected chi connectivity index (χ1v) is 8.64. The van der Waals surface area contributed by atoms with Gasteiger partial charge in [-0.3, -0.25) is 0 Å².